The van der Waals surface area contributed by atoms with Crippen molar-refractivity contribution in [2.45, 2.75) is 18.2 Å². The molecular formula is C18H17N3O5S. The Labute approximate surface area is 156 Å². The number of nitro benzene ring substituents is 1. The van der Waals surface area contributed by atoms with Crippen LogP contribution in [0.15, 0.2) is 64.1 Å². The van der Waals surface area contributed by atoms with E-state index in [1.54, 1.807) is 0 Å². The molecule has 0 bridgehead atoms. The Balaban J connectivity index is 1.60. The molecule has 1 heterocycles. The Morgan fingerprint density at radius 2 is 1.78 bits per heavy atom. The maximum absolute atomic E-state index is 12.2. The number of oxazole rings is 1. The highest BCUT2D eigenvalue weighted by Gasteiger charge is 2.16. The van der Waals surface area contributed by atoms with Crippen LogP contribution in [0.5, 0.6) is 0 Å². The maximum Gasteiger partial charge on any atom is 0.269 e. The summed E-state index contributed by atoms with van der Waals surface area (Å²) in [4.78, 5) is 14.4. The molecule has 2 aromatic carbocycles. The fraction of sp³-hybridized carbons (Fsp3) is 0.167. The van der Waals surface area contributed by atoms with Gasteiger partial charge in [0, 0.05) is 30.7 Å². The minimum Gasteiger partial charge on any atom is -0.444 e. The first kappa shape index (κ1) is 18.7. The van der Waals surface area contributed by atoms with Crippen LogP contribution in [0.1, 0.15) is 11.3 Å². The lowest BCUT2D eigenvalue weighted by molar-refractivity contribution is -0.384. The Hall–Kier alpha value is -3.04. The first-order chi connectivity index (χ1) is 12.8. The Morgan fingerprint density at radius 1 is 1.11 bits per heavy atom. The van der Waals surface area contributed by atoms with Crippen LogP contribution in [0.2, 0.25) is 0 Å². The molecule has 27 heavy (non-hydrogen) atoms. The SMILES string of the molecule is Cc1ccc(-c2nc(CCNS(=O)(=O)c3ccc([N+](=O)[O-])cc3)co2)cc1. The largest absolute Gasteiger partial charge is 0.444 e. The molecule has 1 aromatic heterocycles. The van der Waals surface area contributed by atoms with Crippen LogP contribution < -0.4 is 4.72 Å². The number of benzene rings is 2. The smallest absolute Gasteiger partial charge is 0.269 e. The number of aromatic nitrogens is 1. The molecule has 8 nitrogen and oxygen atoms in total. The fourth-order valence-electron chi connectivity index (χ4n) is 2.39. The number of hydrogen-bond acceptors (Lipinski definition) is 6. The van der Waals surface area contributed by atoms with Crippen LogP contribution in [-0.4, -0.2) is 24.9 Å². The van der Waals surface area contributed by atoms with Gasteiger partial charge in [-0.1, -0.05) is 17.7 Å². The van der Waals surface area contributed by atoms with Crippen LogP contribution in [0.3, 0.4) is 0 Å². The lowest BCUT2D eigenvalue weighted by atomic mass is 10.1. The van der Waals surface area contributed by atoms with Gasteiger partial charge in [0.1, 0.15) is 6.26 Å². The quantitative estimate of drug-likeness (QED) is 0.492. The van der Waals surface area contributed by atoms with E-state index in [2.05, 4.69) is 9.71 Å². The number of sulfonamides is 1. The summed E-state index contributed by atoms with van der Waals surface area (Å²) in [6.45, 7) is 2.11. The summed E-state index contributed by atoms with van der Waals surface area (Å²) in [5.74, 6) is 0.475. The van der Waals surface area contributed by atoms with E-state index in [-0.39, 0.29) is 17.1 Å². The first-order valence-corrected chi connectivity index (χ1v) is 9.59. The standard InChI is InChI=1S/C18H17N3O5S/c1-13-2-4-14(5-3-13)18-20-15(12-26-18)10-11-19-27(24,25)17-8-6-16(7-9-17)21(22)23/h2-9,12,19H,10-11H2,1H3. The van der Waals surface area contributed by atoms with Crippen LogP contribution in [0.4, 0.5) is 5.69 Å². The molecular weight excluding hydrogens is 370 g/mol. The van der Waals surface area contributed by atoms with Crippen molar-refractivity contribution in [1.29, 1.82) is 0 Å². The third kappa shape index (κ3) is 4.57. The van der Waals surface area contributed by atoms with Gasteiger partial charge in [-0.3, -0.25) is 10.1 Å². The molecule has 3 rings (SSSR count). The van der Waals surface area contributed by atoms with E-state index in [1.807, 2.05) is 31.2 Å². The monoisotopic (exact) mass is 387 g/mol. The van der Waals surface area contributed by atoms with Crippen LogP contribution in [0.25, 0.3) is 11.5 Å². The first-order valence-electron chi connectivity index (χ1n) is 8.11. The molecule has 0 aliphatic rings. The van der Waals surface area contributed by atoms with E-state index in [1.165, 1.54) is 18.4 Å². The predicted octanol–water partition coefficient (Wildman–Crippen LogP) is 3.08. The van der Waals surface area contributed by atoms with Crippen LogP contribution in [0, 0.1) is 17.0 Å². The lowest BCUT2D eigenvalue weighted by Gasteiger charge is -2.05. The summed E-state index contributed by atoms with van der Waals surface area (Å²) in [5.41, 5.74) is 2.43. The molecule has 140 valence electrons. The van der Waals surface area contributed by atoms with Crippen molar-refractivity contribution >= 4 is 15.7 Å². The lowest BCUT2D eigenvalue weighted by Crippen LogP contribution is -2.26. The van der Waals surface area contributed by atoms with Gasteiger partial charge < -0.3 is 4.42 Å². The number of nitrogens with zero attached hydrogens (tertiary/aromatic N) is 2. The zero-order valence-corrected chi connectivity index (χ0v) is 15.3. The highest BCUT2D eigenvalue weighted by Crippen LogP contribution is 2.19. The molecule has 3 aromatic rings. The zero-order chi connectivity index (χ0) is 19.4. The van der Waals surface area contributed by atoms with E-state index in [4.69, 9.17) is 4.42 Å². The summed E-state index contributed by atoms with van der Waals surface area (Å²) in [6, 6.07) is 12.4. The second-order valence-corrected chi connectivity index (χ2v) is 7.68. The van der Waals surface area contributed by atoms with E-state index < -0.39 is 14.9 Å². The van der Waals surface area contributed by atoms with E-state index in [9.17, 15) is 18.5 Å². The van der Waals surface area contributed by atoms with Gasteiger partial charge in [0.25, 0.3) is 5.69 Å². The minimum absolute atomic E-state index is 0.0337. The average Bonchev–Trinajstić information content (AvgIpc) is 3.11. The van der Waals surface area contributed by atoms with Crippen molar-refractivity contribution in [3.8, 4) is 11.5 Å². The van der Waals surface area contributed by atoms with Gasteiger partial charge in [-0.25, -0.2) is 18.1 Å². The molecule has 1 N–H and O–H groups in total. The summed E-state index contributed by atoms with van der Waals surface area (Å²) in [7, 11) is -3.75. The topological polar surface area (TPSA) is 115 Å². The normalized spacial score (nSPS) is 11.4. The highest BCUT2D eigenvalue weighted by molar-refractivity contribution is 7.89. The van der Waals surface area contributed by atoms with Gasteiger partial charge in [0.15, 0.2) is 0 Å². The molecule has 0 saturated heterocycles. The third-order valence-corrected chi connectivity index (χ3v) is 5.36. The van der Waals surface area contributed by atoms with Crippen molar-refractivity contribution in [2.24, 2.45) is 0 Å². The Morgan fingerprint density at radius 3 is 2.41 bits per heavy atom. The minimum atomic E-state index is -3.75. The van der Waals surface area contributed by atoms with E-state index in [0.717, 1.165) is 23.3 Å². The fourth-order valence-corrected chi connectivity index (χ4v) is 3.43. The molecule has 0 amide bonds. The highest BCUT2D eigenvalue weighted by atomic mass is 32.2. The maximum atomic E-state index is 12.2. The summed E-state index contributed by atoms with van der Waals surface area (Å²) >= 11 is 0. The Kier molecular flexibility index (Phi) is 5.33. The van der Waals surface area contributed by atoms with Crippen molar-refractivity contribution < 1.29 is 17.8 Å². The second kappa shape index (κ2) is 7.68. The van der Waals surface area contributed by atoms with Gasteiger partial charge in [-0.05, 0) is 31.2 Å². The Bertz CT molecular complexity index is 1040. The zero-order valence-electron chi connectivity index (χ0n) is 14.5. The van der Waals surface area contributed by atoms with Gasteiger partial charge in [-0.2, -0.15) is 0 Å². The molecule has 0 atom stereocenters. The van der Waals surface area contributed by atoms with Crippen LogP contribution in [-0.2, 0) is 16.4 Å². The molecule has 0 aliphatic carbocycles. The molecule has 9 heteroatoms. The van der Waals surface area contributed by atoms with Gasteiger partial charge in [0.2, 0.25) is 15.9 Å². The summed E-state index contributed by atoms with van der Waals surface area (Å²) in [6.07, 6.45) is 1.84. The van der Waals surface area contributed by atoms with Crippen molar-refractivity contribution in [3.05, 3.63) is 76.2 Å². The molecule has 0 saturated carbocycles. The average molecular weight is 387 g/mol. The number of non-ortho nitro benzene ring substituents is 1. The summed E-state index contributed by atoms with van der Waals surface area (Å²) < 4.78 is 32.4. The number of aryl methyl sites for hydroxylation is 1. The molecule has 0 spiro atoms. The second-order valence-electron chi connectivity index (χ2n) is 5.91. The molecule has 0 radical (unpaired) electrons. The summed E-state index contributed by atoms with van der Waals surface area (Å²) in [5, 5.41) is 10.6. The predicted molar refractivity (Wildman–Crippen MR) is 98.7 cm³/mol. The number of rotatable bonds is 7. The number of nitro groups is 1. The molecule has 0 fully saturated rings. The van der Waals surface area contributed by atoms with Gasteiger partial charge in [-0.15, -0.1) is 0 Å². The number of hydrogen-bond donors (Lipinski definition) is 1. The van der Waals surface area contributed by atoms with Crippen molar-refractivity contribution in [3.63, 3.8) is 0 Å². The third-order valence-electron chi connectivity index (χ3n) is 3.88. The number of nitrogens with one attached hydrogen (secondary N) is 1. The molecule has 0 unspecified atom stereocenters. The van der Waals surface area contributed by atoms with Crippen molar-refractivity contribution in [1.82, 2.24) is 9.71 Å². The van der Waals surface area contributed by atoms with E-state index >= 15 is 0 Å². The van der Waals surface area contributed by atoms with Gasteiger partial charge in [0.05, 0.1) is 15.5 Å². The van der Waals surface area contributed by atoms with Crippen LogP contribution >= 0.6 is 0 Å². The van der Waals surface area contributed by atoms with Crippen molar-refractivity contribution in [2.75, 3.05) is 6.54 Å². The van der Waals surface area contributed by atoms with E-state index in [0.29, 0.717) is 18.0 Å². The van der Waals surface area contributed by atoms with Gasteiger partial charge >= 0.3 is 0 Å². The molecule has 0 aliphatic heterocycles.